The van der Waals surface area contributed by atoms with Crippen LogP contribution in [0.5, 0.6) is 0 Å². The molecule has 2 aromatic heterocycles. The summed E-state index contributed by atoms with van der Waals surface area (Å²) in [6, 6.07) is 87.3. The molecule has 0 radical (unpaired) electrons. The van der Waals surface area contributed by atoms with Gasteiger partial charge in [-0.05, 0) is 115 Å². The van der Waals surface area contributed by atoms with Crippen LogP contribution >= 0.6 is 11.6 Å². The highest BCUT2D eigenvalue weighted by molar-refractivity contribution is 6.62. The van der Waals surface area contributed by atoms with E-state index in [0.29, 0.717) is 29.1 Å². The highest BCUT2D eigenvalue weighted by Gasteiger charge is 2.51. The molecule has 0 unspecified atom stereocenters. The number of nitrogens with zero attached hydrogens (tertiary/aromatic N) is 6. The zero-order valence-electron chi connectivity index (χ0n) is 46.7. The van der Waals surface area contributed by atoms with Gasteiger partial charge < -0.3 is 16.7 Å². The van der Waals surface area contributed by atoms with Crippen molar-refractivity contribution in [1.82, 2.24) is 29.9 Å². The third kappa shape index (κ3) is 11.0. The number of fused-ring (bicyclic) bond motifs is 12. The standard InChI is InChI=1S/C33H21N3.C24H23BO2.C15H10ClN3.CH4.CH3/c1-3-11-22(12-4-1)31-34-32(23-13-5-2-6-14-23)36-33(35-31)24-19-20-29-27-17-8-7-15-25(27)26-16-9-10-18-28(26)30(29)21-24;1-23(2)24(3,4)27-25(26-23)16-13-14-21-19-11-6-5-9-17(19)18-10-7-8-12-20(18)22(21)15-16;16-15-18-13(11-7-3-1-4-8-11)17-14(19-15)12-9-5-2-6-10-12;;/h1-21H;5-15H,1-4H3;1-10H;1H4;1H3/q;;;;-1. The van der Waals surface area contributed by atoms with Crippen molar-refractivity contribution in [2.24, 2.45) is 0 Å². The summed E-state index contributed by atoms with van der Waals surface area (Å²) in [7, 11) is -0.343. The maximum absolute atomic E-state index is 6.28. The molecule has 8 nitrogen and oxygen atoms in total. The molecule has 0 spiro atoms. The van der Waals surface area contributed by atoms with Gasteiger partial charge in [0.2, 0.25) is 5.28 Å². The molecule has 1 saturated heterocycles. The zero-order valence-corrected chi connectivity index (χ0v) is 47.5. The molecule has 0 saturated carbocycles. The van der Waals surface area contributed by atoms with Crippen molar-refractivity contribution in [3.8, 4) is 56.9 Å². The van der Waals surface area contributed by atoms with Crippen LogP contribution in [0.4, 0.5) is 0 Å². The fourth-order valence-corrected chi connectivity index (χ4v) is 11.0. The topological polar surface area (TPSA) is 95.8 Å². The summed E-state index contributed by atoms with van der Waals surface area (Å²) in [5.74, 6) is 3.17. The van der Waals surface area contributed by atoms with Gasteiger partial charge in [-0.3, -0.25) is 0 Å². The van der Waals surface area contributed by atoms with Crippen LogP contribution in [-0.2, 0) is 9.31 Å². The lowest BCUT2D eigenvalue weighted by atomic mass is 9.77. The number of halogens is 1. The average Bonchev–Trinajstić information content (AvgIpc) is 3.71. The Bertz CT molecular complexity index is 4460. The van der Waals surface area contributed by atoms with Gasteiger partial charge in [0.25, 0.3) is 0 Å². The molecule has 10 heteroatoms. The monoisotopic (exact) mass is 1110 g/mol. The van der Waals surface area contributed by atoms with Gasteiger partial charge in [0.1, 0.15) is 0 Å². The predicted molar refractivity (Wildman–Crippen MR) is 352 cm³/mol. The van der Waals surface area contributed by atoms with E-state index in [4.69, 9.17) is 35.9 Å². The van der Waals surface area contributed by atoms with E-state index in [1.807, 2.05) is 121 Å². The van der Waals surface area contributed by atoms with Gasteiger partial charge in [0.15, 0.2) is 29.1 Å². The van der Waals surface area contributed by atoms with Crippen LogP contribution < -0.4 is 5.46 Å². The van der Waals surface area contributed by atoms with E-state index in [1.54, 1.807) is 0 Å². The Morgan fingerprint density at radius 3 is 0.869 bits per heavy atom. The number of hydrogen-bond acceptors (Lipinski definition) is 8. The lowest BCUT2D eigenvalue weighted by Gasteiger charge is -2.32. The Labute approximate surface area is 496 Å². The molecular formula is C74H61BClN6O2-. The summed E-state index contributed by atoms with van der Waals surface area (Å²) in [6.45, 7) is 8.38. The van der Waals surface area contributed by atoms with Crippen molar-refractivity contribution in [2.75, 3.05) is 0 Å². The van der Waals surface area contributed by atoms with E-state index < -0.39 is 0 Å². The number of hydrogen-bond donors (Lipinski definition) is 0. The largest absolute Gasteiger partial charge is 0.494 e. The third-order valence-corrected chi connectivity index (χ3v) is 15.8. The molecule has 410 valence electrons. The molecule has 14 aromatic rings. The first-order chi connectivity index (χ1) is 40.0. The number of aromatic nitrogens is 6. The summed E-state index contributed by atoms with van der Waals surface area (Å²) in [6.07, 6.45) is 0. The van der Waals surface area contributed by atoms with E-state index >= 15 is 0 Å². The van der Waals surface area contributed by atoms with E-state index in [1.165, 1.54) is 64.6 Å². The second-order valence-corrected chi connectivity index (χ2v) is 21.7. The highest BCUT2D eigenvalue weighted by atomic mass is 35.5. The molecule has 0 atom stereocenters. The van der Waals surface area contributed by atoms with Gasteiger partial charge in [0, 0.05) is 27.8 Å². The minimum absolute atomic E-state index is 0. The molecule has 84 heavy (non-hydrogen) atoms. The Balaban J connectivity index is 0.000000136. The third-order valence-electron chi connectivity index (χ3n) is 15.7. The first kappa shape index (κ1) is 56.4. The first-order valence-corrected chi connectivity index (χ1v) is 27.8. The summed E-state index contributed by atoms with van der Waals surface area (Å²) in [4.78, 5) is 27.5. The average molecular weight is 1110 g/mol. The van der Waals surface area contributed by atoms with Crippen molar-refractivity contribution in [3.63, 3.8) is 0 Å². The van der Waals surface area contributed by atoms with Gasteiger partial charge in [-0.2, -0.15) is 9.97 Å². The summed E-state index contributed by atoms with van der Waals surface area (Å²) < 4.78 is 12.6. The molecule has 0 N–H and O–H groups in total. The van der Waals surface area contributed by atoms with Crippen LogP contribution in [0.1, 0.15) is 35.1 Å². The SMILES string of the molecule is C.CC1(C)OB(c2ccc3c4ccccc4c4ccccc4c3c2)OC1(C)C.Clc1nc(-c2ccccc2)nc(-c2ccccc2)n1.[CH3-].c1ccc(-c2nc(-c3ccccc3)nc(-c3ccc4c5ccccc5c5ccccc5c4c3)n2)cc1. The van der Waals surface area contributed by atoms with Crippen LogP contribution in [0, 0.1) is 7.43 Å². The fraction of sp³-hybridized carbons (Fsp3) is 0.0946. The molecule has 1 aliphatic heterocycles. The van der Waals surface area contributed by atoms with Crippen molar-refractivity contribution in [2.45, 2.75) is 46.3 Å². The van der Waals surface area contributed by atoms with E-state index in [-0.39, 0.29) is 38.5 Å². The van der Waals surface area contributed by atoms with Crippen LogP contribution in [0.3, 0.4) is 0 Å². The minimum atomic E-state index is -0.343. The van der Waals surface area contributed by atoms with Crippen molar-refractivity contribution >= 4 is 88.8 Å². The molecule has 0 bridgehead atoms. The molecule has 3 heterocycles. The van der Waals surface area contributed by atoms with E-state index in [9.17, 15) is 0 Å². The number of benzene rings is 12. The molecule has 12 aromatic carbocycles. The van der Waals surface area contributed by atoms with Crippen molar-refractivity contribution in [3.05, 3.63) is 267 Å². The van der Waals surface area contributed by atoms with Gasteiger partial charge in [-0.1, -0.05) is 256 Å². The van der Waals surface area contributed by atoms with Crippen molar-refractivity contribution in [1.29, 1.82) is 0 Å². The van der Waals surface area contributed by atoms with Gasteiger partial charge >= 0.3 is 7.12 Å². The van der Waals surface area contributed by atoms with Crippen LogP contribution in [0.15, 0.2) is 255 Å². The van der Waals surface area contributed by atoms with E-state index in [2.05, 4.69) is 176 Å². The maximum Gasteiger partial charge on any atom is 0.494 e. The Morgan fingerprint density at radius 2 is 0.536 bits per heavy atom. The second-order valence-electron chi connectivity index (χ2n) is 21.4. The second kappa shape index (κ2) is 23.8. The summed E-state index contributed by atoms with van der Waals surface area (Å²) >= 11 is 5.99. The molecule has 0 amide bonds. The zero-order chi connectivity index (χ0) is 55.8. The summed E-state index contributed by atoms with van der Waals surface area (Å²) in [5, 5.41) is 15.3. The van der Waals surface area contributed by atoms with Crippen molar-refractivity contribution < 1.29 is 9.31 Å². The quantitative estimate of drug-likeness (QED) is 0.0923. The van der Waals surface area contributed by atoms with Gasteiger partial charge in [0.05, 0.1) is 11.2 Å². The smallest absolute Gasteiger partial charge is 0.399 e. The lowest BCUT2D eigenvalue weighted by molar-refractivity contribution is 0.00578. The Morgan fingerprint density at radius 1 is 0.286 bits per heavy atom. The van der Waals surface area contributed by atoms with Crippen LogP contribution in [0.25, 0.3) is 122 Å². The summed E-state index contributed by atoms with van der Waals surface area (Å²) in [5.41, 5.74) is 5.15. The molecule has 1 fully saturated rings. The number of rotatable bonds is 6. The molecule has 15 rings (SSSR count). The Hall–Kier alpha value is -9.51. The normalized spacial score (nSPS) is 13.2. The molecule has 1 aliphatic rings. The van der Waals surface area contributed by atoms with Gasteiger partial charge in [-0.15, -0.1) is 0 Å². The van der Waals surface area contributed by atoms with Crippen LogP contribution in [-0.4, -0.2) is 48.2 Å². The Kier molecular flexibility index (Phi) is 15.9. The lowest BCUT2D eigenvalue weighted by Crippen LogP contribution is -2.41. The van der Waals surface area contributed by atoms with Gasteiger partial charge in [-0.25, -0.2) is 19.9 Å². The van der Waals surface area contributed by atoms with Crippen LogP contribution in [0.2, 0.25) is 5.28 Å². The predicted octanol–water partition coefficient (Wildman–Crippen LogP) is 18.7. The maximum atomic E-state index is 6.28. The fourth-order valence-electron chi connectivity index (χ4n) is 10.8. The molecular weight excluding hydrogens is 1050 g/mol. The minimum Gasteiger partial charge on any atom is -0.399 e. The molecule has 0 aliphatic carbocycles. The first-order valence-electron chi connectivity index (χ1n) is 27.5. The highest BCUT2D eigenvalue weighted by Crippen LogP contribution is 2.40. The van der Waals surface area contributed by atoms with E-state index in [0.717, 1.165) is 33.3 Å².